The molecule has 1 aliphatic carbocycles. The zero-order valence-electron chi connectivity index (χ0n) is 18.0. The van der Waals surface area contributed by atoms with E-state index in [4.69, 9.17) is 0 Å². The predicted octanol–water partition coefficient (Wildman–Crippen LogP) is 6.98. The molecule has 1 aliphatic rings. The molecule has 1 saturated carbocycles. The van der Waals surface area contributed by atoms with Gasteiger partial charge in [0.25, 0.3) is 0 Å². The van der Waals surface area contributed by atoms with E-state index in [-0.39, 0.29) is 17.6 Å². The van der Waals surface area contributed by atoms with Crippen molar-refractivity contribution in [3.63, 3.8) is 0 Å². The van der Waals surface area contributed by atoms with Crippen LogP contribution in [0.15, 0.2) is 48.5 Å². The summed E-state index contributed by atoms with van der Waals surface area (Å²) >= 11 is 0. The fourth-order valence-corrected chi connectivity index (χ4v) is 3.88. The molecule has 0 atom stereocenters. The number of benzene rings is 2. The van der Waals surface area contributed by atoms with Crippen LogP contribution in [0.4, 0.5) is 35.0 Å². The zero-order chi connectivity index (χ0) is 23.4. The summed E-state index contributed by atoms with van der Waals surface area (Å²) in [6.45, 7) is 1.66. The van der Waals surface area contributed by atoms with E-state index in [1.54, 1.807) is 31.2 Å². The van der Waals surface area contributed by atoms with Crippen LogP contribution >= 0.6 is 0 Å². The first-order chi connectivity index (χ1) is 15.7. The van der Waals surface area contributed by atoms with E-state index < -0.39 is 6.36 Å². The fourth-order valence-electron chi connectivity index (χ4n) is 3.88. The van der Waals surface area contributed by atoms with E-state index in [1.165, 1.54) is 30.7 Å². The van der Waals surface area contributed by atoms with Crippen LogP contribution in [0.2, 0.25) is 0 Å². The lowest BCUT2D eigenvalue weighted by molar-refractivity contribution is -0.274. The van der Waals surface area contributed by atoms with E-state index in [0.29, 0.717) is 34.3 Å². The number of nitrogens with zero attached hydrogens (tertiary/aromatic N) is 2. The third kappa shape index (κ3) is 6.34. The number of nitrogens with one attached hydrogen (secondary N) is 2. The van der Waals surface area contributed by atoms with E-state index in [9.17, 15) is 17.6 Å². The molecule has 0 aliphatic heterocycles. The molecule has 2 aromatic carbocycles. The maximum Gasteiger partial charge on any atom is 0.573 e. The SMILES string of the molecule is Cc1cc(Nc2cc(-c3cccc(OC(F)(F)F)c3)nc(NC3CCCCC3)n2)ccc1F. The number of halogens is 4. The van der Waals surface area contributed by atoms with Gasteiger partial charge in [-0.3, -0.25) is 0 Å². The van der Waals surface area contributed by atoms with Crippen LogP contribution in [0.3, 0.4) is 0 Å². The lowest BCUT2D eigenvalue weighted by Gasteiger charge is -2.23. The first-order valence-corrected chi connectivity index (χ1v) is 10.8. The Morgan fingerprint density at radius 1 is 0.970 bits per heavy atom. The van der Waals surface area contributed by atoms with Gasteiger partial charge in [-0.15, -0.1) is 13.2 Å². The molecule has 4 rings (SSSR count). The predicted molar refractivity (Wildman–Crippen MR) is 119 cm³/mol. The number of aromatic nitrogens is 2. The van der Waals surface area contributed by atoms with E-state index in [1.807, 2.05) is 0 Å². The van der Waals surface area contributed by atoms with Gasteiger partial charge in [-0.1, -0.05) is 31.4 Å². The molecular formula is C24H24F4N4O. The maximum absolute atomic E-state index is 13.6. The van der Waals surface area contributed by atoms with E-state index >= 15 is 0 Å². The summed E-state index contributed by atoms with van der Waals surface area (Å²) in [4.78, 5) is 9.09. The second-order valence-corrected chi connectivity index (χ2v) is 8.11. The standard InChI is InChI=1S/C24H24F4N4O/c1-15-12-18(10-11-20(15)25)29-22-14-21(16-6-5-9-19(13-16)33-24(26,27)28)31-23(32-22)30-17-7-3-2-4-8-17/h5-6,9-14,17H,2-4,7-8H2,1H3,(H2,29,30,31,32). The Balaban J connectivity index is 1.67. The van der Waals surface area contributed by atoms with Crippen molar-refractivity contribution in [2.24, 2.45) is 0 Å². The molecule has 0 unspecified atom stereocenters. The molecule has 0 bridgehead atoms. The normalized spacial score (nSPS) is 14.7. The minimum Gasteiger partial charge on any atom is -0.406 e. The molecule has 3 aromatic rings. The third-order valence-corrected chi connectivity index (χ3v) is 5.46. The minimum absolute atomic E-state index is 0.231. The highest BCUT2D eigenvalue weighted by molar-refractivity contribution is 5.68. The molecule has 0 saturated heterocycles. The van der Waals surface area contributed by atoms with Crippen molar-refractivity contribution >= 4 is 17.5 Å². The number of hydrogen-bond acceptors (Lipinski definition) is 5. The number of hydrogen-bond donors (Lipinski definition) is 2. The van der Waals surface area contributed by atoms with Crippen molar-refractivity contribution in [1.29, 1.82) is 0 Å². The molecule has 5 nitrogen and oxygen atoms in total. The average molecular weight is 460 g/mol. The summed E-state index contributed by atoms with van der Waals surface area (Å²) in [5.74, 6) is 0.170. The lowest BCUT2D eigenvalue weighted by Crippen LogP contribution is -2.23. The number of ether oxygens (including phenoxy) is 1. The summed E-state index contributed by atoms with van der Waals surface area (Å²) in [5.41, 5.74) is 1.99. The van der Waals surface area contributed by atoms with Crippen LogP contribution in [-0.2, 0) is 0 Å². The van der Waals surface area contributed by atoms with Crippen molar-refractivity contribution in [3.8, 4) is 17.0 Å². The summed E-state index contributed by atoms with van der Waals surface area (Å²) < 4.78 is 55.7. The summed E-state index contributed by atoms with van der Waals surface area (Å²) in [5, 5.41) is 6.50. The maximum atomic E-state index is 13.6. The molecular weight excluding hydrogens is 436 g/mol. The third-order valence-electron chi connectivity index (χ3n) is 5.46. The molecule has 0 amide bonds. The summed E-state index contributed by atoms with van der Waals surface area (Å²) in [6.07, 6.45) is 0.653. The second-order valence-electron chi connectivity index (χ2n) is 8.11. The van der Waals surface area contributed by atoms with Gasteiger partial charge >= 0.3 is 6.36 Å². The van der Waals surface area contributed by atoms with Crippen LogP contribution in [-0.4, -0.2) is 22.4 Å². The van der Waals surface area contributed by atoms with Crippen molar-refractivity contribution in [3.05, 3.63) is 59.9 Å². The van der Waals surface area contributed by atoms with Crippen molar-refractivity contribution in [2.45, 2.75) is 51.4 Å². The van der Waals surface area contributed by atoms with Crippen LogP contribution in [0.5, 0.6) is 5.75 Å². The Kier molecular flexibility index (Phi) is 6.67. The fraction of sp³-hybridized carbons (Fsp3) is 0.333. The molecule has 1 fully saturated rings. The van der Waals surface area contributed by atoms with Gasteiger partial charge in [0, 0.05) is 23.4 Å². The lowest BCUT2D eigenvalue weighted by atomic mass is 9.96. The summed E-state index contributed by atoms with van der Waals surface area (Å²) in [7, 11) is 0. The first kappa shape index (κ1) is 22.8. The van der Waals surface area contributed by atoms with Crippen LogP contribution in [0.25, 0.3) is 11.3 Å². The average Bonchev–Trinajstić information content (AvgIpc) is 2.76. The number of aryl methyl sites for hydroxylation is 1. The van der Waals surface area contributed by atoms with E-state index in [2.05, 4.69) is 25.3 Å². The van der Waals surface area contributed by atoms with Gasteiger partial charge in [-0.2, -0.15) is 4.98 Å². The molecule has 174 valence electrons. The summed E-state index contributed by atoms with van der Waals surface area (Å²) in [6, 6.07) is 12.1. The van der Waals surface area contributed by atoms with Crippen molar-refractivity contribution in [1.82, 2.24) is 9.97 Å². The minimum atomic E-state index is -4.79. The van der Waals surface area contributed by atoms with Crippen LogP contribution in [0.1, 0.15) is 37.7 Å². The van der Waals surface area contributed by atoms with E-state index in [0.717, 1.165) is 25.7 Å². The van der Waals surface area contributed by atoms with Gasteiger partial charge in [-0.25, -0.2) is 9.37 Å². The van der Waals surface area contributed by atoms with Crippen molar-refractivity contribution < 1.29 is 22.3 Å². The molecule has 1 aromatic heterocycles. The number of anilines is 3. The highest BCUT2D eigenvalue weighted by atomic mass is 19.4. The molecule has 2 N–H and O–H groups in total. The van der Waals surface area contributed by atoms with Gasteiger partial charge in [0.15, 0.2) is 0 Å². The largest absolute Gasteiger partial charge is 0.573 e. The first-order valence-electron chi connectivity index (χ1n) is 10.8. The Hall–Kier alpha value is -3.36. The molecule has 0 radical (unpaired) electrons. The zero-order valence-corrected chi connectivity index (χ0v) is 18.0. The van der Waals surface area contributed by atoms with Crippen LogP contribution < -0.4 is 15.4 Å². The smallest absolute Gasteiger partial charge is 0.406 e. The Bertz CT molecular complexity index is 1110. The van der Waals surface area contributed by atoms with Gasteiger partial charge in [-0.05, 0) is 55.7 Å². The highest BCUT2D eigenvalue weighted by Crippen LogP contribution is 2.30. The molecule has 33 heavy (non-hydrogen) atoms. The van der Waals surface area contributed by atoms with Crippen molar-refractivity contribution in [2.75, 3.05) is 10.6 Å². The van der Waals surface area contributed by atoms with Gasteiger partial charge in [0.2, 0.25) is 5.95 Å². The second kappa shape index (κ2) is 9.64. The Morgan fingerprint density at radius 2 is 1.76 bits per heavy atom. The number of rotatable bonds is 6. The Labute approximate surface area is 189 Å². The quantitative estimate of drug-likeness (QED) is 0.389. The Morgan fingerprint density at radius 3 is 2.48 bits per heavy atom. The number of alkyl halides is 3. The topological polar surface area (TPSA) is 59.1 Å². The van der Waals surface area contributed by atoms with Gasteiger partial charge in [0.1, 0.15) is 17.4 Å². The van der Waals surface area contributed by atoms with Crippen LogP contribution in [0, 0.1) is 12.7 Å². The molecule has 9 heteroatoms. The van der Waals surface area contributed by atoms with Gasteiger partial charge < -0.3 is 15.4 Å². The molecule has 0 spiro atoms. The monoisotopic (exact) mass is 460 g/mol. The molecule has 1 heterocycles. The van der Waals surface area contributed by atoms with Gasteiger partial charge in [0.05, 0.1) is 5.69 Å². The highest BCUT2D eigenvalue weighted by Gasteiger charge is 2.31.